The monoisotopic (exact) mass is 560 g/mol. The lowest BCUT2D eigenvalue weighted by Crippen LogP contribution is -2.62. The Balaban J connectivity index is 1.75. The first-order valence-electron chi connectivity index (χ1n) is 14.2. The molecule has 5 rings (SSSR count). The van der Waals surface area contributed by atoms with Crippen LogP contribution < -0.4 is 0 Å². The van der Waals surface area contributed by atoms with Gasteiger partial charge in [0.1, 0.15) is 5.66 Å². The fraction of sp³-hybridized carbons (Fsp3) is 0.710. The van der Waals surface area contributed by atoms with E-state index in [1.807, 2.05) is 6.92 Å². The summed E-state index contributed by atoms with van der Waals surface area (Å²) in [5, 5.41) is 31.7. The molecule has 1 aromatic rings. The Hall–Kier alpha value is -1.82. The van der Waals surface area contributed by atoms with Crippen LogP contribution in [0.5, 0.6) is 11.5 Å². The third kappa shape index (κ3) is 3.55. The maximum absolute atomic E-state index is 14.1. The first-order valence-corrected chi connectivity index (χ1v) is 15.8. The number of carboxylic acids is 1. The van der Waals surface area contributed by atoms with Gasteiger partial charge in [0.15, 0.2) is 11.5 Å². The van der Waals surface area contributed by atoms with Crippen molar-refractivity contribution >= 4 is 13.6 Å². The molecule has 0 aromatic heterocycles. The second-order valence-corrected chi connectivity index (χ2v) is 16.5. The van der Waals surface area contributed by atoms with Crippen LogP contribution in [0.3, 0.4) is 0 Å². The fourth-order valence-corrected chi connectivity index (χ4v) is 11.0. The molecular formula is C31H45O7P. The van der Waals surface area contributed by atoms with Gasteiger partial charge in [0.2, 0.25) is 0 Å². The van der Waals surface area contributed by atoms with Crippen LogP contribution in [-0.2, 0) is 23.8 Å². The van der Waals surface area contributed by atoms with E-state index in [0.29, 0.717) is 24.0 Å². The summed E-state index contributed by atoms with van der Waals surface area (Å²) < 4.78 is 25.2. The Morgan fingerprint density at radius 1 is 0.974 bits per heavy atom. The molecule has 0 bridgehead atoms. The number of phenols is 2. The van der Waals surface area contributed by atoms with Gasteiger partial charge < -0.3 is 24.4 Å². The van der Waals surface area contributed by atoms with Gasteiger partial charge in [-0.2, -0.15) is 0 Å². The van der Waals surface area contributed by atoms with E-state index in [2.05, 4.69) is 33.8 Å². The third-order valence-corrected chi connectivity index (χ3v) is 14.6. The van der Waals surface area contributed by atoms with Gasteiger partial charge >= 0.3 is 13.6 Å². The Labute approximate surface area is 232 Å². The van der Waals surface area contributed by atoms with Crippen LogP contribution in [0.15, 0.2) is 17.7 Å². The predicted molar refractivity (Wildman–Crippen MR) is 150 cm³/mol. The van der Waals surface area contributed by atoms with Gasteiger partial charge in [-0.25, -0.2) is 0 Å². The Morgan fingerprint density at radius 2 is 1.59 bits per heavy atom. The zero-order valence-electron chi connectivity index (χ0n) is 24.7. The van der Waals surface area contributed by atoms with E-state index in [4.69, 9.17) is 9.05 Å². The normalized spacial score (nSPS) is 41.5. The number of hydrogen-bond acceptors (Lipinski definition) is 6. The van der Waals surface area contributed by atoms with Crippen LogP contribution in [0.25, 0.3) is 0 Å². The second kappa shape index (κ2) is 8.59. The van der Waals surface area contributed by atoms with Crippen LogP contribution in [-0.4, -0.2) is 35.5 Å². The molecule has 0 aliphatic heterocycles. The van der Waals surface area contributed by atoms with Crippen LogP contribution in [0, 0.1) is 34.5 Å². The number of carbonyl (C=O) groups is 1. The second-order valence-electron chi connectivity index (χ2n) is 14.1. The molecular weight excluding hydrogens is 515 g/mol. The van der Waals surface area contributed by atoms with Gasteiger partial charge in [0.05, 0.1) is 5.41 Å². The van der Waals surface area contributed by atoms with Gasteiger partial charge in [-0.1, -0.05) is 39.3 Å². The summed E-state index contributed by atoms with van der Waals surface area (Å²) in [5.74, 6) is -0.890. The number of rotatable bonds is 4. The van der Waals surface area contributed by atoms with E-state index in [0.717, 1.165) is 37.7 Å². The molecule has 39 heavy (non-hydrogen) atoms. The number of allylic oxidation sites excluding steroid dienone is 2. The zero-order valence-corrected chi connectivity index (χ0v) is 25.6. The van der Waals surface area contributed by atoms with Crippen molar-refractivity contribution in [3.05, 3.63) is 34.4 Å². The molecule has 4 aliphatic carbocycles. The molecule has 0 unspecified atom stereocenters. The summed E-state index contributed by atoms with van der Waals surface area (Å²) in [7, 11) is -0.890. The molecule has 0 radical (unpaired) electrons. The quantitative estimate of drug-likeness (QED) is 0.197. The van der Waals surface area contributed by atoms with Crippen molar-refractivity contribution < 1.29 is 33.7 Å². The lowest BCUT2D eigenvalue weighted by atomic mass is 9.34. The topological polar surface area (TPSA) is 113 Å². The van der Waals surface area contributed by atoms with Crippen LogP contribution in [0.1, 0.15) is 102 Å². The highest BCUT2D eigenvalue weighted by atomic mass is 31.2. The lowest BCUT2D eigenvalue weighted by Gasteiger charge is -2.70. The summed E-state index contributed by atoms with van der Waals surface area (Å²) in [6.45, 7) is 12.9. The molecule has 7 atom stereocenters. The van der Waals surface area contributed by atoms with Crippen molar-refractivity contribution in [2.24, 2.45) is 27.6 Å². The first-order chi connectivity index (χ1) is 18.0. The standard InChI is InChI=1S/C31H45O7P/c1-18-24-19(15-20(32)25(18)33)29(4)12-14-31(6)23-17-28(3,26(34)35)10-9-27(23,2)11-13-30(31,5)22(29)16-21(24)39(36,37-7)38-8/h15-16,21,23,32-33H,9-14,17H2,1-8H3,(H,34,35)/t21-,23-,27-,28-,29+,30-,31+/m1/s1. The maximum Gasteiger partial charge on any atom is 0.341 e. The molecule has 0 heterocycles. The minimum atomic E-state index is -3.67. The molecule has 3 fully saturated rings. The van der Waals surface area contributed by atoms with Crippen molar-refractivity contribution in [2.45, 2.75) is 97.6 Å². The number of carboxylic acid groups (broad SMARTS) is 1. The SMILES string of the molecule is COP(=O)(OC)[C@@H]1C=C2[C@@](C)(CC[C@@]3(C)[C@@H]4C[C@](C)(C(=O)O)CC[C@]4(C)CC[C@]23C)c2cc(O)c(O)c(C)c21. The molecule has 0 spiro atoms. The average Bonchev–Trinajstić information content (AvgIpc) is 2.89. The van der Waals surface area contributed by atoms with Gasteiger partial charge in [-0.05, 0) is 104 Å². The summed E-state index contributed by atoms with van der Waals surface area (Å²) in [6.07, 6.45) is 8.00. The van der Waals surface area contributed by atoms with Crippen LogP contribution in [0.4, 0.5) is 0 Å². The van der Waals surface area contributed by atoms with Crippen molar-refractivity contribution in [3.8, 4) is 11.5 Å². The maximum atomic E-state index is 14.1. The highest BCUT2D eigenvalue weighted by Crippen LogP contribution is 2.77. The highest BCUT2D eigenvalue weighted by molar-refractivity contribution is 7.54. The number of hydrogen-bond donors (Lipinski definition) is 3. The van der Waals surface area contributed by atoms with E-state index in [-0.39, 0.29) is 33.7 Å². The smallest absolute Gasteiger partial charge is 0.341 e. The largest absolute Gasteiger partial charge is 0.504 e. The van der Waals surface area contributed by atoms with E-state index >= 15 is 0 Å². The number of aromatic hydroxyl groups is 2. The Kier molecular flexibility index (Phi) is 6.32. The minimum Gasteiger partial charge on any atom is -0.504 e. The number of phenolic OH excluding ortho intramolecular Hbond substituents is 2. The lowest BCUT2D eigenvalue weighted by molar-refractivity contribution is -0.177. The fourth-order valence-electron chi connectivity index (χ4n) is 9.46. The van der Waals surface area contributed by atoms with Crippen LogP contribution in [0.2, 0.25) is 0 Å². The number of aliphatic carboxylic acids is 1. The van der Waals surface area contributed by atoms with Crippen LogP contribution >= 0.6 is 7.60 Å². The molecule has 0 amide bonds. The van der Waals surface area contributed by atoms with E-state index < -0.39 is 30.1 Å². The van der Waals surface area contributed by atoms with Gasteiger partial charge in [-0.15, -0.1) is 0 Å². The molecule has 216 valence electrons. The van der Waals surface area contributed by atoms with Gasteiger partial charge in [0.25, 0.3) is 0 Å². The molecule has 7 nitrogen and oxygen atoms in total. The Morgan fingerprint density at radius 3 is 2.18 bits per heavy atom. The van der Waals surface area contributed by atoms with Crippen molar-refractivity contribution in [1.82, 2.24) is 0 Å². The molecule has 3 N–H and O–H groups in total. The number of benzene rings is 1. The highest BCUT2D eigenvalue weighted by Gasteiger charge is 2.67. The number of fused-ring (bicyclic) bond motifs is 7. The molecule has 8 heteroatoms. The van der Waals surface area contributed by atoms with Crippen molar-refractivity contribution in [1.29, 1.82) is 0 Å². The summed E-state index contributed by atoms with van der Waals surface area (Å²) in [4.78, 5) is 12.4. The summed E-state index contributed by atoms with van der Waals surface area (Å²) in [5.41, 5.74) is 0.872. The molecule has 0 saturated heterocycles. The third-order valence-electron chi connectivity index (χ3n) is 12.5. The molecule has 3 saturated carbocycles. The van der Waals surface area contributed by atoms with E-state index in [1.165, 1.54) is 19.8 Å². The van der Waals surface area contributed by atoms with E-state index in [1.54, 1.807) is 13.0 Å². The first kappa shape index (κ1) is 28.7. The summed E-state index contributed by atoms with van der Waals surface area (Å²) in [6, 6.07) is 1.65. The van der Waals surface area contributed by atoms with Gasteiger partial charge in [0, 0.05) is 19.6 Å². The van der Waals surface area contributed by atoms with Gasteiger partial charge in [-0.3, -0.25) is 9.36 Å². The molecule has 1 aromatic carbocycles. The average molecular weight is 561 g/mol. The van der Waals surface area contributed by atoms with E-state index in [9.17, 15) is 24.7 Å². The molecule has 4 aliphatic rings. The summed E-state index contributed by atoms with van der Waals surface area (Å²) >= 11 is 0. The Bertz CT molecular complexity index is 1310. The minimum absolute atomic E-state index is 0.0680. The predicted octanol–water partition coefficient (Wildman–Crippen LogP) is 7.63. The van der Waals surface area contributed by atoms with Crippen molar-refractivity contribution in [2.75, 3.05) is 14.2 Å². The van der Waals surface area contributed by atoms with Crippen molar-refractivity contribution in [3.63, 3.8) is 0 Å². The zero-order chi connectivity index (χ0) is 29.0.